The van der Waals surface area contributed by atoms with Gasteiger partial charge in [-0.05, 0) is 168 Å². The third-order valence-corrected chi connectivity index (χ3v) is 18.8. The fourth-order valence-corrected chi connectivity index (χ4v) is 12.2. The molecule has 10 rings (SSSR count). The van der Waals surface area contributed by atoms with Crippen molar-refractivity contribution in [2.24, 2.45) is 10.7 Å². The van der Waals surface area contributed by atoms with Gasteiger partial charge in [-0.25, -0.2) is 20.3 Å². The van der Waals surface area contributed by atoms with E-state index in [1.165, 1.54) is 110 Å². The summed E-state index contributed by atoms with van der Waals surface area (Å²) < 4.78 is 24.4. The number of nitrogens with zero attached hydrogens (tertiary/aromatic N) is 7. The molecule has 0 saturated carbocycles. The Bertz CT molecular complexity index is 4620. The number of aliphatic carboxylic acids is 1. The molecule has 1 amide bonds. The van der Waals surface area contributed by atoms with Gasteiger partial charge in [0.1, 0.15) is 46.9 Å². The van der Waals surface area contributed by atoms with E-state index in [2.05, 4.69) is 119 Å². The Hall–Kier alpha value is -10.3. The number of methoxy groups -OCH3 is 2. The molecule has 35 nitrogen and oxygen atoms in total. The van der Waals surface area contributed by atoms with Crippen LogP contribution >= 0.6 is 94.2 Å². The van der Waals surface area contributed by atoms with Crippen LogP contribution in [0.25, 0.3) is 0 Å². The van der Waals surface area contributed by atoms with Gasteiger partial charge in [-0.2, -0.15) is 4.39 Å². The Morgan fingerprint density at radius 3 is 1.27 bits per heavy atom. The van der Waals surface area contributed by atoms with Crippen LogP contribution in [0.15, 0.2) is 204 Å². The number of nitrogens with two attached hydrogens (primary N) is 1. The number of para-hydroxylation sites is 11. The van der Waals surface area contributed by atoms with Crippen molar-refractivity contribution in [2.75, 3.05) is 69.1 Å². The number of amides is 1. The van der Waals surface area contributed by atoms with E-state index in [1.807, 2.05) is 35.7 Å². The summed E-state index contributed by atoms with van der Waals surface area (Å²) in [5.74, 6) is -3.13. The van der Waals surface area contributed by atoms with Crippen molar-refractivity contribution >= 4 is 192 Å². The number of rotatable bonds is 22. The van der Waals surface area contributed by atoms with Crippen molar-refractivity contribution in [1.29, 1.82) is 0 Å². The first-order valence-corrected chi connectivity index (χ1v) is 37.6. The molecule has 9 aromatic rings. The molecule has 116 heavy (non-hydrogen) atoms. The van der Waals surface area contributed by atoms with Crippen molar-refractivity contribution < 1.29 is 102 Å². The molecule has 0 radical (unpaired) electrons. The van der Waals surface area contributed by atoms with Crippen LogP contribution in [0.4, 0.5) is 67.0 Å². The average molecular weight is 1880 g/mol. The van der Waals surface area contributed by atoms with Gasteiger partial charge in [-0.1, -0.05) is 78.9 Å². The molecule has 0 spiro atoms. The molecular weight excluding hydrogens is 1790 g/mol. The van der Waals surface area contributed by atoms with Gasteiger partial charge in [0.25, 0.3) is 28.7 Å². The summed E-state index contributed by atoms with van der Waals surface area (Å²) in [6.07, 6.45) is 0. The molecule has 1 aliphatic heterocycles. The number of anilines is 5. The number of benzene rings is 6. The number of nitrogens with one attached hydrogen (secondary N) is 6. The molecule has 622 valence electrons. The first kappa shape index (κ1) is 108. The molecule has 6 aromatic carbocycles. The number of hydroxylamine groups is 3. The van der Waals surface area contributed by atoms with Gasteiger partial charge in [0.15, 0.2) is 5.78 Å². The van der Waals surface area contributed by atoms with E-state index >= 15 is 0 Å². The van der Waals surface area contributed by atoms with Crippen LogP contribution < -0.4 is 56.7 Å². The number of aliphatic imine (C=N–C) groups is 1. The van der Waals surface area contributed by atoms with Crippen molar-refractivity contribution in [1.82, 2.24) is 10.5 Å². The van der Waals surface area contributed by atoms with E-state index in [4.69, 9.17) is 20.7 Å². The fourth-order valence-electron chi connectivity index (χ4n) is 8.39. The Balaban J connectivity index is 0. The number of fused-ring (bicyclic) bond motifs is 1. The smallest absolute Gasteiger partial charge is 0.870 e. The SMILES string of the molecule is Brc1cccs1.CNOC.COC(=O)[C@@H](C)N.COC(=O)[C@@H](C)Nc1ccccc1[N+](=O)[O-].CON(C)C(=O)[C@@H](C)Nc1ccccc1[N+](=O)[O-].C[C@@H](Nc1ccccc1[N+](=O)[O-])C(=O)O.C[C@@H](Nc1ccccc1[N+](=O)[O-])C(=O)c1ccc(Br)s1.C[C@H]1Nc2ccccc2N=C1c1ccc(Br)s1.Cl.O=[N+]([O-])c1ccccc1F.[Li+].[OH-]. The third kappa shape index (κ3) is 38.9. The van der Waals surface area contributed by atoms with E-state index in [1.54, 1.807) is 131 Å². The predicted octanol–water partition coefficient (Wildman–Crippen LogP) is 13.8. The molecule has 0 saturated heterocycles. The topological polar surface area (TPSA) is 502 Å². The maximum atomic E-state index is 12.4. The summed E-state index contributed by atoms with van der Waals surface area (Å²) in [5, 5.41) is 79.2. The number of hydrogen-bond donors (Lipinski definition) is 8. The molecule has 0 bridgehead atoms. The maximum absolute atomic E-state index is 12.4. The van der Waals surface area contributed by atoms with Gasteiger partial charge in [0.05, 0.1) is 103 Å². The quantitative estimate of drug-likeness (QED) is 0.0103. The number of ketones is 1. The molecule has 0 fully saturated rings. The van der Waals surface area contributed by atoms with Crippen molar-refractivity contribution in [2.45, 2.75) is 77.8 Å². The molecule has 1 aliphatic rings. The van der Waals surface area contributed by atoms with E-state index < -0.39 is 78.3 Å². The molecular formula is C72H84Br3ClFLiN14O21S3. The maximum Gasteiger partial charge on any atom is 1.00 e. The first-order valence-electron chi connectivity index (χ1n) is 32.7. The number of carboxylic acid groups (broad SMARTS) is 1. The van der Waals surface area contributed by atoms with Crippen LogP contribution in [0.2, 0.25) is 0 Å². The number of carbonyl (C=O) groups is 5. The van der Waals surface area contributed by atoms with Gasteiger partial charge in [0.2, 0.25) is 5.82 Å². The summed E-state index contributed by atoms with van der Waals surface area (Å²) in [7, 11) is 8.70. The van der Waals surface area contributed by atoms with E-state index in [-0.39, 0.29) is 88.9 Å². The van der Waals surface area contributed by atoms with E-state index in [0.29, 0.717) is 21.9 Å². The van der Waals surface area contributed by atoms with Crippen molar-refractivity contribution in [3.8, 4) is 0 Å². The van der Waals surface area contributed by atoms with Gasteiger partial charge >= 0.3 is 42.5 Å². The molecule has 44 heteroatoms. The zero-order valence-electron chi connectivity index (χ0n) is 64.4. The van der Waals surface area contributed by atoms with Gasteiger partial charge in [-0.15, -0.1) is 46.4 Å². The van der Waals surface area contributed by atoms with Gasteiger partial charge in [0, 0.05) is 44.4 Å². The van der Waals surface area contributed by atoms with Gasteiger partial charge < -0.3 is 57.2 Å². The summed E-state index contributed by atoms with van der Waals surface area (Å²) in [6.45, 7) is 10.00. The van der Waals surface area contributed by atoms with Crippen LogP contribution in [-0.4, -0.2) is 154 Å². The number of carboxylic acids is 1. The average Bonchev–Trinajstić information content (AvgIpc) is 1.38. The van der Waals surface area contributed by atoms with Crippen molar-refractivity contribution in [3.05, 3.63) is 265 Å². The largest absolute Gasteiger partial charge is 1.00 e. The zero-order valence-corrected chi connectivity index (χ0v) is 72.4. The molecule has 6 atom stereocenters. The number of likely N-dealkylation sites (N-methyl/N-ethyl adjacent to an activating group) is 1. The van der Waals surface area contributed by atoms with Crippen LogP contribution in [0.1, 0.15) is 56.1 Å². The summed E-state index contributed by atoms with van der Waals surface area (Å²) in [5.41, 5.74) is 11.1. The minimum Gasteiger partial charge on any atom is -0.870 e. The van der Waals surface area contributed by atoms with Crippen LogP contribution in [0.3, 0.4) is 0 Å². The number of carbonyl (C=O) groups excluding carboxylic acids is 4. The molecule has 0 unspecified atom stereocenters. The third-order valence-electron chi connectivity index (χ3n) is 14.0. The van der Waals surface area contributed by atoms with Crippen LogP contribution in [-0.2, 0) is 38.3 Å². The summed E-state index contributed by atoms with van der Waals surface area (Å²) >= 11 is 14.8. The van der Waals surface area contributed by atoms with Crippen LogP contribution in [0.5, 0.6) is 0 Å². The summed E-state index contributed by atoms with van der Waals surface area (Å²) in [6, 6.07) is 46.4. The minimum absolute atomic E-state index is 0. The van der Waals surface area contributed by atoms with Crippen LogP contribution in [0, 0.1) is 56.4 Å². The monoisotopic (exact) mass is 1870 g/mol. The standard InChI is InChI=1S/C13H11BrN2O3S.C13H11BrN2S.C11H15N3O4.C10H12N2O4.C9H10N2O4.C6H4FNO2.C4H3BrS.C4H9NO2.C2H7NO.ClH.Li.H2O/c1-8(13(17)11-6-7-12(14)20-11)15-9-4-2-3-5-10(9)16(18)19;1-8-13(11-6-7-12(14)17-11)16-10-5-3-2-4-9(10)15-8;1-8(11(15)13(2)18-3)12-9-6-4-5-7-10(9)14(16)17;1-7(10(13)16-2)11-8-5-3-4-6-9(8)12(14)15;1-6(9(12)13)10-7-4-2-3-5-8(7)11(14)15;7-5-3-1-2-4-6(5)8(9)10;5-4-2-1-3-6-4;1-3(5)4(6)7-2;1-3-4-2;;;/h2-8,15H,1H3;2-8,15H,1H3;4-8,12H,1-3H3;3-7,11H,1-2H3;2-6,10H,1H3,(H,12,13);1-4H;1-3H;3H,5H2,1-2H3;3H,1-2H3;1H;;1H2/q;;;;;;;;;;+1;/p-1/t3*8-;7-;6-;;;3-;;;;/m11111..1..../s1. The number of esters is 2. The van der Waals surface area contributed by atoms with Crippen molar-refractivity contribution in [3.63, 3.8) is 0 Å². The number of hydrogen-bond acceptors (Lipinski definition) is 31. The van der Waals surface area contributed by atoms with Gasteiger partial charge in [-0.3, -0.25) is 74.6 Å². The second-order valence-corrected chi connectivity index (χ2v) is 29.5. The Morgan fingerprint density at radius 2 is 0.940 bits per heavy atom. The first-order chi connectivity index (χ1) is 53.5. The molecule has 3 aromatic heterocycles. The predicted molar refractivity (Wildman–Crippen MR) is 454 cm³/mol. The Morgan fingerprint density at radius 1 is 0.552 bits per heavy atom. The second-order valence-electron chi connectivity index (χ2n) is 22.2. The number of Topliss-reactive ketones (excluding diaryl/α,β-unsaturated/α-hetero) is 1. The zero-order chi connectivity index (χ0) is 85.0. The number of thiophene rings is 3. The van der Waals surface area contributed by atoms with E-state index in [9.17, 15) is 78.9 Å². The molecule has 4 heterocycles. The number of nitro benzene ring substituents is 5. The molecule has 10 N–H and O–H groups in total. The Labute approximate surface area is 721 Å². The fraction of sp³-hybridized carbons (Fsp3) is 0.250. The Kier molecular flexibility index (Phi) is 53.6. The summed E-state index contributed by atoms with van der Waals surface area (Å²) in [4.78, 5) is 122. The minimum atomic E-state index is -1.06. The van der Waals surface area contributed by atoms with E-state index in [0.717, 1.165) is 41.9 Å². The normalized spacial score (nSPS) is 12.0. The molecule has 0 aliphatic carbocycles. The number of ether oxygens (including phenoxy) is 2. The number of nitro groups is 5. The number of halogens is 5. The second kappa shape index (κ2) is 57.7.